The number of ether oxygens (including phenoxy) is 2. The number of amides is 3. The lowest BCUT2D eigenvalue weighted by Crippen LogP contribution is -2.44. The van der Waals surface area contributed by atoms with Crippen molar-refractivity contribution in [2.45, 2.75) is 38.1 Å². The molecule has 0 spiro atoms. The van der Waals surface area contributed by atoms with Crippen LogP contribution in [0.3, 0.4) is 0 Å². The highest BCUT2D eigenvalue weighted by molar-refractivity contribution is 5.93. The summed E-state index contributed by atoms with van der Waals surface area (Å²) < 4.78 is 93.5. The maximum absolute atomic E-state index is 14.2. The van der Waals surface area contributed by atoms with Gasteiger partial charge in [-0.05, 0) is 23.6 Å². The molecule has 246 valence electrons. The van der Waals surface area contributed by atoms with Gasteiger partial charge < -0.3 is 34.7 Å². The number of halogens is 6. The Morgan fingerprint density at radius 1 is 1.07 bits per heavy atom. The van der Waals surface area contributed by atoms with Gasteiger partial charge in [0.25, 0.3) is 5.91 Å². The molecular formula is C25H28F6N8O6. The number of benzene rings is 1. The average molecular weight is 651 g/mol. The second-order valence-electron chi connectivity index (χ2n) is 9.54. The molecule has 20 heteroatoms. The number of carbonyl (C=O) groups excluding carboxylic acids is 2. The number of nitrogens with zero attached hydrogens (tertiary/aromatic N) is 6. The SMILES string of the molecule is [N-]=[N+]=NCCOCCOCCNC(=O)c1nc(C(F)(F)F)n2c1CN(C(=O)C[C@@H](Cc1cc(F)c(F)cc1F)NC(=O)O)CC2. The third-order valence-corrected chi connectivity index (χ3v) is 6.44. The fraction of sp³-hybridized carbons (Fsp3) is 0.520. The summed E-state index contributed by atoms with van der Waals surface area (Å²) in [5.74, 6) is -7.09. The van der Waals surface area contributed by atoms with Gasteiger partial charge in [-0.2, -0.15) is 13.2 Å². The molecule has 45 heavy (non-hydrogen) atoms. The van der Waals surface area contributed by atoms with Gasteiger partial charge >= 0.3 is 12.3 Å². The minimum atomic E-state index is -4.92. The van der Waals surface area contributed by atoms with Crippen LogP contribution in [-0.2, 0) is 40.0 Å². The Hall–Kier alpha value is -4.55. The summed E-state index contributed by atoms with van der Waals surface area (Å²) in [5, 5.41) is 16.9. The number of aromatic nitrogens is 2. The Balaban J connectivity index is 1.66. The first kappa shape index (κ1) is 34.9. The molecule has 0 unspecified atom stereocenters. The van der Waals surface area contributed by atoms with Crippen molar-refractivity contribution in [2.75, 3.05) is 46.1 Å². The minimum absolute atomic E-state index is 0.0191. The van der Waals surface area contributed by atoms with Crippen LogP contribution < -0.4 is 10.6 Å². The third kappa shape index (κ3) is 9.98. The van der Waals surface area contributed by atoms with E-state index in [4.69, 9.17) is 15.0 Å². The average Bonchev–Trinajstić information content (AvgIpc) is 3.36. The Morgan fingerprint density at radius 3 is 2.42 bits per heavy atom. The highest BCUT2D eigenvalue weighted by Gasteiger charge is 2.41. The molecule has 0 saturated carbocycles. The van der Waals surface area contributed by atoms with Crippen LogP contribution in [0.5, 0.6) is 0 Å². The zero-order chi connectivity index (χ0) is 33.1. The van der Waals surface area contributed by atoms with Crippen LogP contribution in [0.2, 0.25) is 0 Å². The molecule has 3 amide bonds. The smallest absolute Gasteiger partial charge is 0.449 e. The maximum atomic E-state index is 14.2. The molecule has 2 heterocycles. The molecule has 0 bridgehead atoms. The van der Waals surface area contributed by atoms with Crippen LogP contribution in [0.1, 0.15) is 34.0 Å². The van der Waals surface area contributed by atoms with E-state index in [1.54, 1.807) is 0 Å². The highest BCUT2D eigenvalue weighted by atomic mass is 19.4. The van der Waals surface area contributed by atoms with Gasteiger partial charge in [-0.3, -0.25) is 9.59 Å². The molecule has 3 N–H and O–H groups in total. The van der Waals surface area contributed by atoms with Gasteiger partial charge in [0.15, 0.2) is 17.3 Å². The molecule has 1 aromatic carbocycles. The number of nitrogens with one attached hydrogen (secondary N) is 2. The number of hydrogen-bond donors (Lipinski definition) is 3. The number of alkyl halides is 3. The first-order valence-corrected chi connectivity index (χ1v) is 13.3. The maximum Gasteiger partial charge on any atom is 0.449 e. The number of carboxylic acid groups (broad SMARTS) is 1. The largest absolute Gasteiger partial charge is 0.465 e. The van der Waals surface area contributed by atoms with Crippen molar-refractivity contribution in [3.63, 3.8) is 0 Å². The Bertz CT molecular complexity index is 1430. The van der Waals surface area contributed by atoms with Gasteiger partial charge in [-0.1, -0.05) is 5.11 Å². The van der Waals surface area contributed by atoms with Crippen LogP contribution in [0.4, 0.5) is 31.1 Å². The molecule has 1 aliphatic rings. The molecule has 1 atom stereocenters. The zero-order valence-electron chi connectivity index (χ0n) is 23.4. The van der Waals surface area contributed by atoms with E-state index < -0.39 is 90.6 Å². The van der Waals surface area contributed by atoms with Crippen LogP contribution in [-0.4, -0.2) is 89.6 Å². The van der Waals surface area contributed by atoms with Crippen molar-refractivity contribution in [3.8, 4) is 0 Å². The van der Waals surface area contributed by atoms with Crippen LogP contribution in [0.15, 0.2) is 17.2 Å². The van der Waals surface area contributed by atoms with Gasteiger partial charge in [-0.25, -0.2) is 22.9 Å². The number of carbonyl (C=O) groups is 3. The summed E-state index contributed by atoms with van der Waals surface area (Å²) in [6.07, 6.45) is -7.67. The first-order valence-electron chi connectivity index (χ1n) is 13.3. The van der Waals surface area contributed by atoms with E-state index in [1.807, 2.05) is 5.32 Å². The fourth-order valence-electron chi connectivity index (χ4n) is 4.45. The Labute approximate surface area is 250 Å². The predicted octanol–water partition coefficient (Wildman–Crippen LogP) is 3.00. The quantitative estimate of drug-likeness (QED) is 0.0661. The van der Waals surface area contributed by atoms with E-state index in [0.29, 0.717) is 6.07 Å². The van der Waals surface area contributed by atoms with E-state index in [9.17, 15) is 45.8 Å². The lowest BCUT2D eigenvalue weighted by Gasteiger charge is -2.31. The topological polar surface area (TPSA) is 184 Å². The van der Waals surface area contributed by atoms with E-state index in [2.05, 4.69) is 20.3 Å². The summed E-state index contributed by atoms with van der Waals surface area (Å²) in [6, 6.07) is -0.508. The number of fused-ring (bicyclic) bond motifs is 1. The summed E-state index contributed by atoms with van der Waals surface area (Å²) in [7, 11) is 0. The lowest BCUT2D eigenvalue weighted by molar-refractivity contribution is -0.148. The molecule has 0 fully saturated rings. The molecule has 0 saturated heterocycles. The molecular weight excluding hydrogens is 622 g/mol. The van der Waals surface area contributed by atoms with Crippen molar-refractivity contribution in [3.05, 3.63) is 62.8 Å². The summed E-state index contributed by atoms with van der Waals surface area (Å²) in [5.41, 5.74) is 6.97. The number of rotatable bonds is 15. The van der Waals surface area contributed by atoms with Crippen molar-refractivity contribution < 1.29 is 55.3 Å². The molecule has 14 nitrogen and oxygen atoms in total. The second kappa shape index (κ2) is 16.0. The molecule has 0 aliphatic carbocycles. The van der Waals surface area contributed by atoms with Crippen LogP contribution in [0.25, 0.3) is 10.4 Å². The number of hydrogen-bond acceptors (Lipinski definition) is 7. The van der Waals surface area contributed by atoms with Gasteiger partial charge in [0.2, 0.25) is 11.7 Å². The third-order valence-electron chi connectivity index (χ3n) is 6.44. The monoisotopic (exact) mass is 650 g/mol. The highest BCUT2D eigenvalue weighted by Crippen LogP contribution is 2.32. The standard InChI is InChI=1S/C25H28F6N8O6/c26-16-12-18(28)17(27)10-14(16)9-15(35-24(42)43)11-20(40)38-3-4-39-19(13-38)21(36-23(39)25(29,30)31)22(41)33-1-5-44-7-8-45-6-2-34-37-32/h10,12,15,35H,1-9,11,13H2,(H,33,41)(H,42,43)/t15-/m1/s1. The van der Waals surface area contributed by atoms with Gasteiger partial charge in [-0.15, -0.1) is 0 Å². The second-order valence-corrected chi connectivity index (χ2v) is 9.54. The minimum Gasteiger partial charge on any atom is -0.465 e. The number of azide groups is 1. The summed E-state index contributed by atoms with van der Waals surface area (Å²) >= 11 is 0. The van der Waals surface area contributed by atoms with E-state index >= 15 is 0 Å². The van der Waals surface area contributed by atoms with Crippen LogP contribution >= 0.6 is 0 Å². The van der Waals surface area contributed by atoms with E-state index in [-0.39, 0.29) is 57.8 Å². The van der Waals surface area contributed by atoms with Gasteiger partial charge in [0.1, 0.15) is 5.82 Å². The van der Waals surface area contributed by atoms with E-state index in [1.165, 1.54) is 0 Å². The predicted molar refractivity (Wildman–Crippen MR) is 140 cm³/mol. The summed E-state index contributed by atoms with van der Waals surface area (Å²) in [6.45, 7) is -0.651. The molecule has 2 aromatic rings. The van der Waals surface area contributed by atoms with Gasteiger partial charge in [0, 0.05) is 49.6 Å². The zero-order valence-corrected chi connectivity index (χ0v) is 23.4. The lowest BCUT2D eigenvalue weighted by atomic mass is 10.0. The molecule has 1 aromatic heterocycles. The first-order chi connectivity index (χ1) is 21.3. The Morgan fingerprint density at radius 2 is 1.76 bits per heavy atom. The van der Waals surface area contributed by atoms with Crippen molar-refractivity contribution in [1.29, 1.82) is 0 Å². The van der Waals surface area contributed by atoms with Crippen molar-refractivity contribution >= 4 is 17.9 Å². The normalized spacial score (nSPS) is 13.5. The van der Waals surface area contributed by atoms with Crippen molar-refractivity contribution in [2.24, 2.45) is 5.11 Å². The molecule has 3 rings (SSSR count). The number of imidazole rings is 1. The van der Waals surface area contributed by atoms with E-state index in [0.717, 1.165) is 9.47 Å². The van der Waals surface area contributed by atoms with Crippen LogP contribution in [0, 0.1) is 17.5 Å². The molecule has 1 aliphatic heterocycles. The molecule has 0 radical (unpaired) electrons. The van der Waals surface area contributed by atoms with Crippen molar-refractivity contribution in [1.82, 2.24) is 25.1 Å². The Kier molecular flexibility index (Phi) is 12.4. The summed E-state index contributed by atoms with van der Waals surface area (Å²) in [4.78, 5) is 44.4. The van der Waals surface area contributed by atoms with Gasteiger partial charge in [0.05, 0.1) is 38.7 Å². The fourth-order valence-corrected chi connectivity index (χ4v) is 4.45.